The summed E-state index contributed by atoms with van der Waals surface area (Å²) in [7, 11) is 0. The number of aryl methyl sites for hydroxylation is 1. The third kappa shape index (κ3) is 5.41. The molecule has 0 aliphatic rings. The second-order valence-electron chi connectivity index (χ2n) is 5.75. The summed E-state index contributed by atoms with van der Waals surface area (Å²) < 4.78 is 0. The lowest BCUT2D eigenvalue weighted by molar-refractivity contribution is -0.123. The van der Waals surface area contributed by atoms with Crippen LogP contribution in [0, 0.1) is 6.92 Å². The first-order valence-corrected chi connectivity index (χ1v) is 8.55. The average molecular weight is 311 g/mol. The van der Waals surface area contributed by atoms with Crippen molar-refractivity contribution in [3.8, 4) is 0 Å². The quantitative estimate of drug-likeness (QED) is 0.776. The highest BCUT2D eigenvalue weighted by atomic mass is 32.1. The lowest BCUT2D eigenvalue weighted by Gasteiger charge is -2.33. The number of nitrogens with two attached hydrogens (primary N) is 1. The molecule has 2 atom stereocenters. The first-order chi connectivity index (χ1) is 9.88. The van der Waals surface area contributed by atoms with Crippen LogP contribution in [-0.2, 0) is 4.79 Å². The summed E-state index contributed by atoms with van der Waals surface area (Å²) in [5.41, 5.74) is 6.35. The van der Waals surface area contributed by atoms with E-state index >= 15 is 0 Å². The Kier molecular flexibility index (Phi) is 7.35. The molecule has 0 bridgehead atoms. The van der Waals surface area contributed by atoms with Gasteiger partial charge in [0.2, 0.25) is 5.91 Å². The molecule has 1 aromatic heterocycles. The summed E-state index contributed by atoms with van der Waals surface area (Å²) in [5, 5.41) is 2.96. The Morgan fingerprint density at radius 3 is 2.48 bits per heavy atom. The minimum Gasteiger partial charge on any atom is -0.353 e. The normalized spacial score (nSPS) is 14.5. The number of amides is 1. The van der Waals surface area contributed by atoms with Crippen molar-refractivity contribution in [3.63, 3.8) is 0 Å². The van der Waals surface area contributed by atoms with Crippen molar-refractivity contribution in [1.29, 1.82) is 0 Å². The molecular formula is C16H29N3OS. The van der Waals surface area contributed by atoms with E-state index in [1.807, 2.05) is 13.8 Å². The molecule has 4 nitrogen and oxygen atoms in total. The zero-order valence-electron chi connectivity index (χ0n) is 13.8. The molecule has 21 heavy (non-hydrogen) atoms. The number of nitrogens with one attached hydrogen (secondary N) is 1. The van der Waals surface area contributed by atoms with Crippen molar-refractivity contribution in [2.75, 3.05) is 13.1 Å². The van der Waals surface area contributed by atoms with Crippen molar-refractivity contribution in [3.05, 3.63) is 21.9 Å². The minimum absolute atomic E-state index is 0.0369. The second-order valence-corrected chi connectivity index (χ2v) is 7.07. The number of rotatable bonds is 8. The number of hydrogen-bond donors (Lipinski definition) is 2. The van der Waals surface area contributed by atoms with Crippen molar-refractivity contribution in [2.45, 2.75) is 59.2 Å². The summed E-state index contributed by atoms with van der Waals surface area (Å²) in [6.07, 6.45) is 0.893. The molecule has 1 heterocycles. The van der Waals surface area contributed by atoms with Crippen molar-refractivity contribution < 1.29 is 4.79 Å². The predicted octanol–water partition coefficient (Wildman–Crippen LogP) is 2.68. The van der Waals surface area contributed by atoms with E-state index in [9.17, 15) is 4.79 Å². The van der Waals surface area contributed by atoms with Crippen LogP contribution in [0.25, 0.3) is 0 Å². The van der Waals surface area contributed by atoms with Gasteiger partial charge in [0.1, 0.15) is 0 Å². The van der Waals surface area contributed by atoms with E-state index in [-0.39, 0.29) is 24.0 Å². The maximum Gasteiger partial charge on any atom is 0.234 e. The smallest absolute Gasteiger partial charge is 0.234 e. The van der Waals surface area contributed by atoms with Crippen LogP contribution in [0.2, 0.25) is 0 Å². The highest BCUT2D eigenvalue weighted by Crippen LogP contribution is 2.30. The number of carbonyl (C=O) groups excluding carboxylic acids is 1. The Hall–Kier alpha value is -0.910. The summed E-state index contributed by atoms with van der Waals surface area (Å²) in [5.74, 6) is 0.0634. The fourth-order valence-corrected chi connectivity index (χ4v) is 3.54. The van der Waals surface area contributed by atoms with Gasteiger partial charge < -0.3 is 11.1 Å². The number of nitrogens with zero attached hydrogens (tertiary/aromatic N) is 1. The van der Waals surface area contributed by atoms with Crippen molar-refractivity contribution in [1.82, 2.24) is 10.2 Å². The topological polar surface area (TPSA) is 58.4 Å². The fourth-order valence-electron chi connectivity index (χ4n) is 2.46. The Bertz CT molecular complexity index is 444. The van der Waals surface area contributed by atoms with Crippen LogP contribution in [0.1, 0.15) is 49.9 Å². The molecule has 2 unspecified atom stereocenters. The van der Waals surface area contributed by atoms with Crippen LogP contribution in [-0.4, -0.2) is 36.0 Å². The predicted molar refractivity (Wildman–Crippen MR) is 90.6 cm³/mol. The van der Waals surface area contributed by atoms with E-state index in [4.69, 9.17) is 5.73 Å². The zero-order chi connectivity index (χ0) is 16.0. The lowest BCUT2D eigenvalue weighted by Crippen LogP contribution is -2.46. The maximum atomic E-state index is 12.1. The molecule has 120 valence electrons. The van der Waals surface area contributed by atoms with Gasteiger partial charge >= 0.3 is 0 Å². The van der Waals surface area contributed by atoms with Gasteiger partial charge in [-0.05, 0) is 45.9 Å². The van der Waals surface area contributed by atoms with Gasteiger partial charge in [-0.1, -0.05) is 13.8 Å². The van der Waals surface area contributed by atoms with Gasteiger partial charge in [-0.25, -0.2) is 0 Å². The van der Waals surface area contributed by atoms with E-state index in [0.717, 1.165) is 13.0 Å². The molecule has 0 aromatic carbocycles. The summed E-state index contributed by atoms with van der Waals surface area (Å²) >= 11 is 1.77. The van der Waals surface area contributed by atoms with Gasteiger partial charge in [0, 0.05) is 21.8 Å². The molecular weight excluding hydrogens is 282 g/mol. The van der Waals surface area contributed by atoms with Gasteiger partial charge in [0.05, 0.1) is 12.6 Å². The van der Waals surface area contributed by atoms with Gasteiger partial charge in [-0.15, -0.1) is 11.3 Å². The van der Waals surface area contributed by atoms with Crippen LogP contribution in [0.15, 0.2) is 12.1 Å². The van der Waals surface area contributed by atoms with Gasteiger partial charge in [0.15, 0.2) is 0 Å². The van der Waals surface area contributed by atoms with Gasteiger partial charge in [-0.2, -0.15) is 0 Å². The maximum absolute atomic E-state index is 12.1. The number of thiophene rings is 1. The van der Waals surface area contributed by atoms with E-state index in [2.05, 4.69) is 43.1 Å². The lowest BCUT2D eigenvalue weighted by atomic mass is 10.0. The summed E-state index contributed by atoms with van der Waals surface area (Å²) in [6.45, 7) is 11.4. The van der Waals surface area contributed by atoms with Crippen molar-refractivity contribution in [2.24, 2.45) is 5.73 Å². The largest absolute Gasteiger partial charge is 0.353 e. The molecule has 5 heteroatoms. The summed E-state index contributed by atoms with van der Waals surface area (Å²) in [4.78, 5) is 16.8. The molecule has 0 fully saturated rings. The van der Waals surface area contributed by atoms with E-state index in [1.54, 1.807) is 11.3 Å². The second kappa shape index (κ2) is 8.51. The molecule has 0 spiro atoms. The standard InChI is InChI=1S/C16H29N3OS/c1-6-13(17)16(14-9-8-12(5)21-14)19(7-2)10-15(20)18-11(3)4/h8-9,11,13,16H,6-7,10,17H2,1-5H3,(H,18,20). The van der Waals surface area contributed by atoms with E-state index in [1.165, 1.54) is 9.75 Å². The monoisotopic (exact) mass is 311 g/mol. The first kappa shape index (κ1) is 18.1. The number of likely N-dealkylation sites (N-methyl/N-ethyl adjacent to an activating group) is 1. The van der Waals surface area contributed by atoms with Crippen LogP contribution in [0.3, 0.4) is 0 Å². The molecule has 3 N–H and O–H groups in total. The molecule has 0 saturated carbocycles. The third-order valence-corrected chi connectivity index (χ3v) is 4.60. The summed E-state index contributed by atoms with van der Waals surface area (Å²) in [6, 6.07) is 4.57. The Balaban J connectivity index is 2.91. The van der Waals surface area contributed by atoms with Crippen molar-refractivity contribution >= 4 is 17.2 Å². The van der Waals surface area contributed by atoms with Crippen LogP contribution in [0.4, 0.5) is 0 Å². The van der Waals surface area contributed by atoms with Crippen LogP contribution >= 0.6 is 11.3 Å². The molecule has 1 amide bonds. The average Bonchev–Trinajstić information content (AvgIpc) is 2.82. The number of carbonyl (C=O) groups is 1. The SMILES string of the molecule is CCC(N)C(c1ccc(C)s1)N(CC)CC(=O)NC(C)C. The zero-order valence-corrected chi connectivity index (χ0v) is 14.7. The molecule has 1 aromatic rings. The molecule has 0 aliphatic carbocycles. The van der Waals surface area contributed by atoms with Crippen LogP contribution < -0.4 is 11.1 Å². The van der Waals surface area contributed by atoms with E-state index in [0.29, 0.717) is 6.54 Å². The van der Waals surface area contributed by atoms with E-state index < -0.39 is 0 Å². The fraction of sp³-hybridized carbons (Fsp3) is 0.688. The Morgan fingerprint density at radius 2 is 2.05 bits per heavy atom. The molecule has 0 aliphatic heterocycles. The third-order valence-electron chi connectivity index (χ3n) is 3.53. The molecule has 0 radical (unpaired) electrons. The molecule has 1 rings (SSSR count). The molecule has 0 saturated heterocycles. The Labute approximate surface area is 132 Å². The first-order valence-electron chi connectivity index (χ1n) is 7.74. The Morgan fingerprint density at radius 1 is 1.38 bits per heavy atom. The highest BCUT2D eigenvalue weighted by Gasteiger charge is 2.27. The minimum atomic E-state index is 0.0369. The van der Waals surface area contributed by atoms with Gasteiger partial charge in [-0.3, -0.25) is 9.69 Å². The highest BCUT2D eigenvalue weighted by molar-refractivity contribution is 7.12. The number of hydrogen-bond acceptors (Lipinski definition) is 4. The van der Waals surface area contributed by atoms with Crippen LogP contribution in [0.5, 0.6) is 0 Å². The van der Waals surface area contributed by atoms with Gasteiger partial charge in [0.25, 0.3) is 0 Å².